The number of amides is 1. The molecule has 0 atom stereocenters. The fourth-order valence-corrected chi connectivity index (χ4v) is 2.44. The number of carbonyl (C=O) groups is 1. The van der Waals surface area contributed by atoms with Crippen LogP contribution in [0.2, 0.25) is 0 Å². The minimum atomic E-state index is -0.117. The van der Waals surface area contributed by atoms with Crippen molar-refractivity contribution in [1.29, 1.82) is 0 Å². The van der Waals surface area contributed by atoms with E-state index in [1.807, 2.05) is 43.3 Å². The number of rotatable bonds is 4. The van der Waals surface area contributed by atoms with Crippen molar-refractivity contribution in [3.8, 4) is 0 Å². The lowest BCUT2D eigenvalue weighted by Crippen LogP contribution is -2.07. The monoisotopic (exact) mass is 283 g/mol. The van der Waals surface area contributed by atoms with Crippen LogP contribution in [-0.2, 0) is 4.79 Å². The van der Waals surface area contributed by atoms with Gasteiger partial charge in [0.05, 0.1) is 0 Å². The minimum Gasteiger partial charge on any atom is -0.322 e. The molecular weight excluding hydrogens is 266 g/mol. The topological polar surface area (TPSA) is 29.1 Å². The molecule has 0 radical (unpaired) electrons. The van der Waals surface area contributed by atoms with Crippen LogP contribution < -0.4 is 5.32 Å². The Labute approximate surface area is 123 Å². The van der Waals surface area contributed by atoms with Crippen LogP contribution in [0.25, 0.3) is 0 Å². The van der Waals surface area contributed by atoms with Crippen molar-refractivity contribution in [3.63, 3.8) is 0 Å². The van der Waals surface area contributed by atoms with Crippen molar-refractivity contribution < 1.29 is 4.79 Å². The molecule has 0 saturated carbocycles. The molecule has 0 fully saturated rings. The predicted molar refractivity (Wildman–Crippen MR) is 86.0 cm³/mol. The zero-order chi connectivity index (χ0) is 14.4. The molecule has 2 aromatic rings. The molecule has 20 heavy (non-hydrogen) atoms. The number of hydrogen-bond donors (Lipinski definition) is 1. The first kappa shape index (κ1) is 14.4. The predicted octanol–water partition coefficient (Wildman–Crippen LogP) is 4.55. The van der Waals surface area contributed by atoms with Gasteiger partial charge >= 0.3 is 0 Å². The van der Waals surface area contributed by atoms with E-state index < -0.39 is 0 Å². The molecule has 0 aliphatic heterocycles. The van der Waals surface area contributed by atoms with Gasteiger partial charge in [0.15, 0.2) is 0 Å². The molecule has 0 bridgehead atoms. The summed E-state index contributed by atoms with van der Waals surface area (Å²) in [4.78, 5) is 12.9. The first-order valence-corrected chi connectivity index (χ1v) is 7.29. The summed E-state index contributed by atoms with van der Waals surface area (Å²) in [5, 5.41) is 4.63. The first-order chi connectivity index (χ1) is 9.63. The zero-order valence-electron chi connectivity index (χ0n) is 11.6. The average molecular weight is 283 g/mol. The highest BCUT2D eigenvalue weighted by Crippen LogP contribution is 2.19. The number of benzene rings is 2. The fourth-order valence-electron chi connectivity index (χ4n) is 1.68. The van der Waals surface area contributed by atoms with Crippen LogP contribution in [0.4, 0.5) is 5.69 Å². The lowest BCUT2D eigenvalue weighted by atomic mass is 10.2. The van der Waals surface area contributed by atoms with Gasteiger partial charge in [-0.25, -0.2) is 0 Å². The van der Waals surface area contributed by atoms with Crippen LogP contribution >= 0.6 is 11.8 Å². The van der Waals surface area contributed by atoms with E-state index in [-0.39, 0.29) is 5.91 Å². The lowest BCUT2D eigenvalue weighted by Gasteiger charge is -2.02. The standard InChI is InChI=1S/C17H17NOS/c1-13-6-8-15(9-7-13)18-17(19)10-11-20-16-5-3-4-14(2)12-16/h3-12H,1-2H3,(H,18,19)/b11-10-. The summed E-state index contributed by atoms with van der Waals surface area (Å²) >= 11 is 1.53. The van der Waals surface area contributed by atoms with Crippen molar-refractivity contribution in [2.24, 2.45) is 0 Å². The molecule has 1 amide bonds. The Balaban J connectivity index is 1.88. The molecule has 0 aliphatic rings. The molecule has 1 N–H and O–H groups in total. The number of aryl methyl sites for hydroxylation is 2. The second kappa shape index (κ2) is 6.96. The Hall–Kier alpha value is -2.00. The molecule has 0 aromatic heterocycles. The maximum Gasteiger partial charge on any atom is 0.248 e. The Morgan fingerprint density at radius 3 is 2.50 bits per heavy atom. The van der Waals surface area contributed by atoms with Crippen LogP contribution in [0.3, 0.4) is 0 Å². The van der Waals surface area contributed by atoms with Gasteiger partial charge in [-0.2, -0.15) is 0 Å². The second-order valence-corrected chi connectivity index (χ2v) is 5.57. The van der Waals surface area contributed by atoms with E-state index in [1.165, 1.54) is 22.9 Å². The van der Waals surface area contributed by atoms with Gasteiger partial charge in [-0.15, -0.1) is 0 Å². The summed E-state index contributed by atoms with van der Waals surface area (Å²) in [5.74, 6) is -0.117. The number of carbonyl (C=O) groups excluding carboxylic acids is 1. The Kier molecular flexibility index (Phi) is 5.02. The molecule has 0 heterocycles. The third kappa shape index (κ3) is 4.59. The highest BCUT2D eigenvalue weighted by atomic mass is 32.2. The first-order valence-electron chi connectivity index (χ1n) is 6.41. The van der Waals surface area contributed by atoms with Crippen molar-refractivity contribution in [2.45, 2.75) is 18.7 Å². The molecule has 2 rings (SSSR count). The summed E-state index contributed by atoms with van der Waals surface area (Å²) in [6.07, 6.45) is 1.55. The van der Waals surface area contributed by atoms with E-state index in [4.69, 9.17) is 0 Å². The molecule has 2 nitrogen and oxygen atoms in total. The molecule has 0 spiro atoms. The summed E-state index contributed by atoms with van der Waals surface area (Å²) in [7, 11) is 0. The van der Waals surface area contributed by atoms with Gasteiger partial charge in [0.25, 0.3) is 0 Å². The second-order valence-electron chi connectivity index (χ2n) is 4.59. The van der Waals surface area contributed by atoms with Gasteiger partial charge < -0.3 is 5.32 Å². The quantitative estimate of drug-likeness (QED) is 0.659. The number of thioether (sulfide) groups is 1. The number of anilines is 1. The van der Waals surface area contributed by atoms with Crippen LogP contribution in [0, 0.1) is 13.8 Å². The van der Waals surface area contributed by atoms with E-state index >= 15 is 0 Å². The molecule has 2 aromatic carbocycles. The smallest absolute Gasteiger partial charge is 0.248 e. The van der Waals surface area contributed by atoms with Gasteiger partial charge in [0, 0.05) is 16.7 Å². The van der Waals surface area contributed by atoms with E-state index in [0.29, 0.717) is 0 Å². The minimum absolute atomic E-state index is 0.117. The van der Waals surface area contributed by atoms with Crippen molar-refractivity contribution >= 4 is 23.4 Å². The van der Waals surface area contributed by atoms with E-state index in [1.54, 1.807) is 11.5 Å². The SMILES string of the molecule is Cc1ccc(NC(=O)/C=C\Sc2cccc(C)c2)cc1. The maximum absolute atomic E-state index is 11.7. The Bertz CT molecular complexity index is 617. The lowest BCUT2D eigenvalue weighted by molar-refractivity contribution is -0.111. The molecule has 102 valence electrons. The summed E-state index contributed by atoms with van der Waals surface area (Å²) in [6, 6.07) is 15.9. The Morgan fingerprint density at radius 1 is 1.05 bits per heavy atom. The van der Waals surface area contributed by atoms with Crippen LogP contribution in [-0.4, -0.2) is 5.91 Å². The van der Waals surface area contributed by atoms with Crippen molar-refractivity contribution in [2.75, 3.05) is 5.32 Å². The highest BCUT2D eigenvalue weighted by Gasteiger charge is 1.97. The largest absolute Gasteiger partial charge is 0.322 e. The van der Waals surface area contributed by atoms with Crippen LogP contribution in [0.1, 0.15) is 11.1 Å². The molecule has 0 unspecified atom stereocenters. The fraction of sp³-hybridized carbons (Fsp3) is 0.118. The molecular formula is C17H17NOS. The van der Waals surface area contributed by atoms with Gasteiger partial charge in [-0.05, 0) is 43.5 Å². The number of hydrogen-bond acceptors (Lipinski definition) is 2. The van der Waals surface area contributed by atoms with Gasteiger partial charge in [0.1, 0.15) is 0 Å². The Morgan fingerprint density at radius 2 is 1.80 bits per heavy atom. The molecule has 0 aliphatic carbocycles. The highest BCUT2D eigenvalue weighted by molar-refractivity contribution is 8.02. The van der Waals surface area contributed by atoms with E-state index in [2.05, 4.69) is 24.4 Å². The third-order valence-corrected chi connectivity index (χ3v) is 3.53. The maximum atomic E-state index is 11.7. The van der Waals surface area contributed by atoms with Crippen LogP contribution in [0.5, 0.6) is 0 Å². The van der Waals surface area contributed by atoms with E-state index in [0.717, 1.165) is 10.6 Å². The van der Waals surface area contributed by atoms with Gasteiger partial charge in [-0.1, -0.05) is 47.2 Å². The average Bonchev–Trinajstić information content (AvgIpc) is 2.41. The van der Waals surface area contributed by atoms with Gasteiger partial charge in [0.2, 0.25) is 5.91 Å². The van der Waals surface area contributed by atoms with Crippen LogP contribution in [0.15, 0.2) is 64.9 Å². The summed E-state index contributed by atoms with van der Waals surface area (Å²) < 4.78 is 0. The number of nitrogens with one attached hydrogen (secondary N) is 1. The normalized spacial score (nSPS) is 10.7. The van der Waals surface area contributed by atoms with Gasteiger partial charge in [-0.3, -0.25) is 4.79 Å². The van der Waals surface area contributed by atoms with E-state index in [9.17, 15) is 4.79 Å². The molecule has 0 saturated heterocycles. The molecule has 3 heteroatoms. The summed E-state index contributed by atoms with van der Waals surface area (Å²) in [5.41, 5.74) is 3.20. The zero-order valence-corrected chi connectivity index (χ0v) is 12.4. The summed E-state index contributed by atoms with van der Waals surface area (Å²) in [6.45, 7) is 4.07. The van der Waals surface area contributed by atoms with Crippen molar-refractivity contribution in [3.05, 3.63) is 71.1 Å². The third-order valence-electron chi connectivity index (χ3n) is 2.73. The van der Waals surface area contributed by atoms with Crippen molar-refractivity contribution in [1.82, 2.24) is 0 Å².